The van der Waals surface area contributed by atoms with Gasteiger partial charge in [0, 0.05) is 19.2 Å². The number of amides is 1. The van der Waals surface area contributed by atoms with Gasteiger partial charge in [0.05, 0.1) is 17.7 Å². The van der Waals surface area contributed by atoms with Gasteiger partial charge < -0.3 is 10.0 Å². The lowest BCUT2D eigenvalue weighted by Gasteiger charge is -2.34. The fourth-order valence-corrected chi connectivity index (χ4v) is 2.23. The van der Waals surface area contributed by atoms with Crippen molar-refractivity contribution in [1.82, 2.24) is 4.90 Å². The molecule has 94 valence electrons. The monoisotopic (exact) mass is 244 g/mol. The van der Waals surface area contributed by atoms with Crippen molar-refractivity contribution in [3.05, 3.63) is 35.4 Å². The molecule has 0 radical (unpaired) electrons. The molecule has 1 saturated carbocycles. The maximum absolute atomic E-state index is 12.1. The molecule has 1 amide bonds. The van der Waals surface area contributed by atoms with Crippen molar-refractivity contribution < 1.29 is 9.90 Å². The Morgan fingerprint density at radius 2 is 2.06 bits per heavy atom. The third kappa shape index (κ3) is 2.69. The van der Waals surface area contributed by atoms with Gasteiger partial charge in [0.15, 0.2) is 0 Å². The van der Waals surface area contributed by atoms with Crippen molar-refractivity contribution in [1.29, 1.82) is 5.26 Å². The van der Waals surface area contributed by atoms with Gasteiger partial charge >= 0.3 is 0 Å². The normalized spacial score (nSPS) is 21.8. The zero-order valence-corrected chi connectivity index (χ0v) is 10.3. The van der Waals surface area contributed by atoms with E-state index in [9.17, 15) is 9.90 Å². The van der Waals surface area contributed by atoms with E-state index in [1.807, 2.05) is 6.07 Å². The molecule has 18 heavy (non-hydrogen) atoms. The second-order valence-electron chi connectivity index (χ2n) is 4.87. The average molecular weight is 244 g/mol. The van der Waals surface area contributed by atoms with Crippen molar-refractivity contribution in [2.75, 3.05) is 13.6 Å². The Labute approximate surface area is 106 Å². The predicted molar refractivity (Wildman–Crippen MR) is 66.8 cm³/mol. The van der Waals surface area contributed by atoms with Gasteiger partial charge in [-0.2, -0.15) is 5.26 Å². The Balaban J connectivity index is 1.95. The summed E-state index contributed by atoms with van der Waals surface area (Å²) in [6.45, 7) is 0.676. The minimum Gasteiger partial charge on any atom is -0.393 e. The minimum absolute atomic E-state index is 0.0409. The van der Waals surface area contributed by atoms with Gasteiger partial charge in [0.1, 0.15) is 0 Å². The number of hydrogen-bond acceptors (Lipinski definition) is 3. The van der Waals surface area contributed by atoms with Crippen molar-refractivity contribution in [2.24, 2.45) is 5.92 Å². The highest BCUT2D eigenvalue weighted by Crippen LogP contribution is 2.27. The zero-order valence-electron chi connectivity index (χ0n) is 10.3. The van der Waals surface area contributed by atoms with Crippen LogP contribution in [0.2, 0.25) is 0 Å². The van der Waals surface area contributed by atoms with Gasteiger partial charge in [-0.05, 0) is 43.0 Å². The first-order valence-electron chi connectivity index (χ1n) is 6.04. The average Bonchev–Trinajstić information content (AvgIpc) is 2.36. The van der Waals surface area contributed by atoms with Crippen LogP contribution in [-0.4, -0.2) is 35.6 Å². The lowest BCUT2D eigenvalue weighted by atomic mass is 9.82. The van der Waals surface area contributed by atoms with E-state index in [4.69, 9.17) is 5.26 Å². The van der Waals surface area contributed by atoms with E-state index >= 15 is 0 Å². The Morgan fingerprint density at radius 1 is 1.44 bits per heavy atom. The summed E-state index contributed by atoms with van der Waals surface area (Å²) >= 11 is 0. The molecule has 0 spiro atoms. The number of rotatable bonds is 3. The van der Waals surface area contributed by atoms with E-state index in [2.05, 4.69) is 0 Å². The van der Waals surface area contributed by atoms with Gasteiger partial charge in [-0.15, -0.1) is 0 Å². The molecular weight excluding hydrogens is 228 g/mol. The van der Waals surface area contributed by atoms with Gasteiger partial charge in [0.2, 0.25) is 0 Å². The standard InChI is InChI=1S/C14H16N2O2/c1-16(9-11-6-13(17)7-11)14(18)12-4-2-10(8-15)3-5-12/h2-5,11,13,17H,6-7,9H2,1H3. The SMILES string of the molecule is CN(CC1CC(O)C1)C(=O)c1ccc(C#N)cc1. The summed E-state index contributed by atoms with van der Waals surface area (Å²) in [5.74, 6) is 0.369. The number of hydrogen-bond donors (Lipinski definition) is 1. The number of nitriles is 1. The first-order chi connectivity index (χ1) is 8.60. The molecule has 1 N–H and O–H groups in total. The van der Waals surface area contributed by atoms with Gasteiger partial charge in [-0.1, -0.05) is 0 Å². The zero-order chi connectivity index (χ0) is 13.1. The smallest absolute Gasteiger partial charge is 0.253 e. The van der Waals surface area contributed by atoms with Gasteiger partial charge in [-0.25, -0.2) is 0 Å². The van der Waals surface area contributed by atoms with Crippen LogP contribution in [0.3, 0.4) is 0 Å². The number of aliphatic hydroxyl groups excluding tert-OH is 1. The van der Waals surface area contributed by atoms with Crippen LogP contribution in [-0.2, 0) is 0 Å². The lowest BCUT2D eigenvalue weighted by molar-refractivity contribution is 0.0265. The molecule has 0 unspecified atom stereocenters. The molecule has 1 aliphatic rings. The molecule has 1 aromatic carbocycles. The van der Waals surface area contributed by atoms with Crippen molar-refractivity contribution in [3.63, 3.8) is 0 Å². The molecule has 0 saturated heterocycles. The van der Waals surface area contributed by atoms with Gasteiger partial charge in [0.25, 0.3) is 5.91 Å². The Hall–Kier alpha value is -1.86. The molecule has 4 nitrogen and oxygen atoms in total. The molecule has 1 fully saturated rings. The van der Waals surface area contributed by atoms with E-state index < -0.39 is 0 Å². The van der Waals surface area contributed by atoms with Crippen LogP contribution in [0.15, 0.2) is 24.3 Å². The number of aliphatic hydroxyl groups is 1. The van der Waals surface area contributed by atoms with Crippen molar-refractivity contribution >= 4 is 5.91 Å². The summed E-state index contributed by atoms with van der Waals surface area (Å²) < 4.78 is 0. The Bertz CT molecular complexity index is 470. The summed E-state index contributed by atoms with van der Waals surface area (Å²) in [7, 11) is 1.77. The third-order valence-corrected chi connectivity index (χ3v) is 3.35. The second kappa shape index (κ2) is 5.19. The van der Waals surface area contributed by atoms with Crippen LogP contribution in [0.4, 0.5) is 0 Å². The summed E-state index contributed by atoms with van der Waals surface area (Å²) in [4.78, 5) is 13.8. The fraction of sp³-hybridized carbons (Fsp3) is 0.429. The molecule has 0 aromatic heterocycles. The molecule has 0 atom stereocenters. The maximum atomic E-state index is 12.1. The van der Waals surface area contributed by atoms with Crippen LogP contribution in [0, 0.1) is 17.2 Å². The highest BCUT2D eigenvalue weighted by Gasteiger charge is 2.29. The van der Waals surface area contributed by atoms with E-state index in [-0.39, 0.29) is 12.0 Å². The summed E-state index contributed by atoms with van der Waals surface area (Å²) in [5, 5.41) is 17.9. The van der Waals surface area contributed by atoms with E-state index in [0.29, 0.717) is 23.6 Å². The van der Waals surface area contributed by atoms with Crippen LogP contribution < -0.4 is 0 Å². The molecule has 0 bridgehead atoms. The Morgan fingerprint density at radius 3 is 2.56 bits per heavy atom. The quantitative estimate of drug-likeness (QED) is 0.874. The number of carbonyl (C=O) groups is 1. The van der Waals surface area contributed by atoms with Crippen molar-refractivity contribution in [2.45, 2.75) is 18.9 Å². The first kappa shape index (κ1) is 12.6. The van der Waals surface area contributed by atoms with E-state index in [0.717, 1.165) is 12.8 Å². The van der Waals surface area contributed by atoms with Crippen LogP contribution in [0.5, 0.6) is 0 Å². The molecule has 2 rings (SSSR count). The van der Waals surface area contributed by atoms with Crippen LogP contribution in [0.1, 0.15) is 28.8 Å². The summed E-state index contributed by atoms with van der Waals surface area (Å²) in [6.07, 6.45) is 1.38. The molecule has 4 heteroatoms. The largest absolute Gasteiger partial charge is 0.393 e. The second-order valence-corrected chi connectivity index (χ2v) is 4.87. The van der Waals surface area contributed by atoms with Crippen molar-refractivity contribution in [3.8, 4) is 6.07 Å². The predicted octanol–water partition coefficient (Wildman–Crippen LogP) is 1.40. The molecule has 0 heterocycles. The summed E-state index contributed by atoms with van der Waals surface area (Å²) in [6, 6.07) is 8.67. The Kier molecular flexibility index (Phi) is 3.63. The molecule has 1 aromatic rings. The lowest BCUT2D eigenvalue weighted by Crippen LogP contribution is -2.39. The van der Waals surface area contributed by atoms with E-state index in [1.54, 1.807) is 36.2 Å². The highest BCUT2D eigenvalue weighted by molar-refractivity contribution is 5.94. The molecular formula is C14H16N2O2. The highest BCUT2D eigenvalue weighted by atomic mass is 16.3. The van der Waals surface area contributed by atoms with Crippen LogP contribution in [0.25, 0.3) is 0 Å². The molecule has 0 aliphatic heterocycles. The molecule has 1 aliphatic carbocycles. The third-order valence-electron chi connectivity index (χ3n) is 3.35. The summed E-state index contributed by atoms with van der Waals surface area (Å²) in [5.41, 5.74) is 1.15. The first-order valence-corrected chi connectivity index (χ1v) is 6.04. The number of carbonyl (C=O) groups excluding carboxylic acids is 1. The van der Waals surface area contributed by atoms with Crippen LogP contribution >= 0.6 is 0 Å². The topological polar surface area (TPSA) is 64.3 Å². The number of benzene rings is 1. The number of nitrogens with zero attached hydrogens (tertiary/aromatic N) is 2. The fourth-order valence-electron chi connectivity index (χ4n) is 2.23. The van der Waals surface area contributed by atoms with Gasteiger partial charge in [-0.3, -0.25) is 4.79 Å². The maximum Gasteiger partial charge on any atom is 0.253 e. The van der Waals surface area contributed by atoms with E-state index in [1.165, 1.54) is 0 Å². The minimum atomic E-state index is -0.187.